The Morgan fingerprint density at radius 2 is 1.77 bits per heavy atom. The second kappa shape index (κ2) is 9.43. The van der Waals surface area contributed by atoms with Gasteiger partial charge >= 0.3 is 6.01 Å². The zero-order valence-electron chi connectivity index (χ0n) is 18.2. The highest BCUT2D eigenvalue weighted by molar-refractivity contribution is 6.33. The third-order valence-corrected chi connectivity index (χ3v) is 5.08. The van der Waals surface area contributed by atoms with E-state index >= 15 is 0 Å². The van der Waals surface area contributed by atoms with Gasteiger partial charge in [-0.3, -0.25) is 4.79 Å². The fourth-order valence-corrected chi connectivity index (χ4v) is 3.27. The van der Waals surface area contributed by atoms with Gasteiger partial charge in [0.2, 0.25) is 5.91 Å². The van der Waals surface area contributed by atoms with E-state index in [9.17, 15) is 9.90 Å². The number of amides is 1. The molecule has 0 saturated heterocycles. The molecule has 0 unspecified atom stereocenters. The zero-order valence-corrected chi connectivity index (χ0v) is 19.0. The Bertz CT molecular complexity index is 1090. The second-order valence-electron chi connectivity index (χ2n) is 8.48. The number of nitrogens with one attached hydrogen (secondary N) is 1. The van der Waals surface area contributed by atoms with Gasteiger partial charge in [-0.1, -0.05) is 70.0 Å². The third kappa shape index (κ3) is 5.79. The predicted octanol–water partition coefficient (Wildman–Crippen LogP) is 5.18. The largest absolute Gasteiger partial charge is 0.479 e. The molecule has 3 rings (SSSR count). The smallest absolute Gasteiger partial charge is 0.318 e. The molecule has 0 aliphatic heterocycles. The topological polar surface area (TPSA) is 88.0 Å². The molecule has 1 heterocycles. The lowest BCUT2D eigenvalue weighted by atomic mass is 9.95. The predicted molar refractivity (Wildman–Crippen MR) is 123 cm³/mol. The van der Waals surface area contributed by atoms with Crippen LogP contribution in [0.1, 0.15) is 45.2 Å². The molecule has 0 radical (unpaired) electrons. The number of halogens is 1. The van der Waals surface area contributed by atoms with E-state index in [0.717, 1.165) is 24.0 Å². The van der Waals surface area contributed by atoms with Crippen LogP contribution in [-0.4, -0.2) is 26.0 Å². The molecule has 2 aromatic carbocycles. The molecule has 6 nitrogen and oxygen atoms in total. The van der Waals surface area contributed by atoms with Crippen LogP contribution in [0.25, 0.3) is 22.8 Å². The van der Waals surface area contributed by atoms with Crippen LogP contribution < -0.4 is 5.32 Å². The van der Waals surface area contributed by atoms with E-state index in [1.54, 1.807) is 6.07 Å². The molecule has 2 N–H and O–H groups in total. The van der Waals surface area contributed by atoms with Crippen LogP contribution in [-0.2, 0) is 17.8 Å². The van der Waals surface area contributed by atoms with Crippen LogP contribution in [0.15, 0.2) is 42.5 Å². The molecule has 0 aliphatic carbocycles. The Balaban J connectivity index is 1.94. The number of aryl methyl sites for hydroxylation is 1. The average Bonchev–Trinajstić information content (AvgIpc) is 2.72. The Morgan fingerprint density at radius 1 is 1.03 bits per heavy atom. The van der Waals surface area contributed by atoms with E-state index in [-0.39, 0.29) is 17.7 Å². The highest BCUT2D eigenvalue weighted by Crippen LogP contribution is 2.29. The number of hydrogen-bond acceptors (Lipinski definition) is 5. The van der Waals surface area contributed by atoms with E-state index < -0.39 is 5.41 Å². The molecule has 1 amide bonds. The van der Waals surface area contributed by atoms with Crippen LogP contribution in [0.2, 0.25) is 5.02 Å². The maximum absolute atomic E-state index is 12.2. The Hall–Kier alpha value is -2.99. The summed E-state index contributed by atoms with van der Waals surface area (Å²) in [5, 5.41) is 13.5. The fraction of sp³-hybridized carbons (Fsp3) is 0.333. The summed E-state index contributed by atoms with van der Waals surface area (Å²) < 4.78 is 0. The number of rotatable bonds is 6. The van der Waals surface area contributed by atoms with Gasteiger partial charge in [0.1, 0.15) is 0 Å². The number of carbonyl (C=O) groups is 1. The molecule has 0 spiro atoms. The van der Waals surface area contributed by atoms with Crippen molar-refractivity contribution in [2.75, 3.05) is 0 Å². The molecular formula is C24H27ClN4O2. The van der Waals surface area contributed by atoms with Crippen molar-refractivity contribution >= 4 is 17.5 Å². The molecule has 1 aromatic heterocycles. The van der Waals surface area contributed by atoms with Crippen LogP contribution in [0, 0.1) is 5.41 Å². The molecule has 0 saturated carbocycles. The number of aromatic nitrogens is 3. The SMILES string of the molecule is CCCc1cccc(-c2nc(O)nc(-c3cc(CNC(=O)C(C)(C)C)ccc3Cl)n2)c1. The number of aromatic hydroxyl groups is 1. The normalized spacial score (nSPS) is 11.4. The molecule has 31 heavy (non-hydrogen) atoms. The molecule has 7 heteroatoms. The van der Waals surface area contributed by atoms with Crippen molar-refractivity contribution in [3.63, 3.8) is 0 Å². The zero-order chi connectivity index (χ0) is 22.6. The highest BCUT2D eigenvalue weighted by Gasteiger charge is 2.21. The lowest BCUT2D eigenvalue weighted by Gasteiger charge is -2.18. The van der Waals surface area contributed by atoms with Crippen molar-refractivity contribution in [2.24, 2.45) is 5.41 Å². The van der Waals surface area contributed by atoms with Gasteiger partial charge in [-0.2, -0.15) is 9.97 Å². The minimum Gasteiger partial charge on any atom is -0.479 e. The van der Waals surface area contributed by atoms with E-state index in [0.29, 0.717) is 23.0 Å². The van der Waals surface area contributed by atoms with Crippen LogP contribution in [0.5, 0.6) is 6.01 Å². The first-order chi connectivity index (χ1) is 14.7. The van der Waals surface area contributed by atoms with Gasteiger partial charge in [-0.25, -0.2) is 4.98 Å². The first-order valence-electron chi connectivity index (χ1n) is 10.3. The van der Waals surface area contributed by atoms with Crippen molar-refractivity contribution in [3.8, 4) is 28.8 Å². The quantitative estimate of drug-likeness (QED) is 0.553. The Kier molecular flexibility index (Phi) is 6.91. The maximum atomic E-state index is 12.2. The molecular weight excluding hydrogens is 412 g/mol. The van der Waals surface area contributed by atoms with Gasteiger partial charge in [0.15, 0.2) is 11.6 Å². The summed E-state index contributed by atoms with van der Waals surface area (Å²) in [5.41, 5.74) is 2.91. The van der Waals surface area contributed by atoms with Gasteiger partial charge < -0.3 is 10.4 Å². The van der Waals surface area contributed by atoms with E-state index in [4.69, 9.17) is 11.6 Å². The number of benzene rings is 2. The number of hydrogen-bond donors (Lipinski definition) is 2. The van der Waals surface area contributed by atoms with Crippen molar-refractivity contribution in [2.45, 2.75) is 47.1 Å². The average molecular weight is 439 g/mol. The summed E-state index contributed by atoms with van der Waals surface area (Å²) in [5.74, 6) is 0.608. The standard InChI is InChI=1S/C24H27ClN4O2/c1-5-7-15-8-6-9-17(12-15)20-27-21(29-23(31)28-20)18-13-16(10-11-19(18)25)14-26-22(30)24(2,3)4/h6,8-13H,5,7,14H2,1-4H3,(H,26,30)(H,27,28,29,31). The molecule has 162 valence electrons. The van der Waals surface area contributed by atoms with E-state index in [2.05, 4.69) is 33.3 Å². The van der Waals surface area contributed by atoms with Crippen molar-refractivity contribution in [1.29, 1.82) is 0 Å². The lowest BCUT2D eigenvalue weighted by Crippen LogP contribution is -2.34. The highest BCUT2D eigenvalue weighted by atomic mass is 35.5. The van der Waals surface area contributed by atoms with Gasteiger partial charge in [0, 0.05) is 23.1 Å². The van der Waals surface area contributed by atoms with Crippen molar-refractivity contribution in [3.05, 3.63) is 58.6 Å². The minimum absolute atomic E-state index is 0.0453. The van der Waals surface area contributed by atoms with Crippen LogP contribution >= 0.6 is 11.6 Å². The van der Waals surface area contributed by atoms with Crippen molar-refractivity contribution < 1.29 is 9.90 Å². The van der Waals surface area contributed by atoms with Crippen LogP contribution in [0.4, 0.5) is 0 Å². The summed E-state index contributed by atoms with van der Waals surface area (Å²) in [6.45, 7) is 8.06. The molecule has 0 aliphatic rings. The minimum atomic E-state index is -0.476. The molecule has 0 fully saturated rings. The number of carbonyl (C=O) groups excluding carboxylic acids is 1. The molecule has 0 bridgehead atoms. The summed E-state index contributed by atoms with van der Waals surface area (Å²) >= 11 is 6.41. The second-order valence-corrected chi connectivity index (χ2v) is 8.89. The Morgan fingerprint density at radius 3 is 2.48 bits per heavy atom. The molecule has 3 aromatic rings. The first-order valence-corrected chi connectivity index (χ1v) is 10.7. The summed E-state index contributed by atoms with van der Waals surface area (Å²) in [7, 11) is 0. The monoisotopic (exact) mass is 438 g/mol. The fourth-order valence-electron chi connectivity index (χ4n) is 3.07. The summed E-state index contributed by atoms with van der Waals surface area (Å²) in [6.07, 6.45) is 1.98. The van der Waals surface area contributed by atoms with Gasteiger partial charge in [-0.15, -0.1) is 0 Å². The third-order valence-electron chi connectivity index (χ3n) is 4.75. The Labute approximate surface area is 187 Å². The van der Waals surface area contributed by atoms with Gasteiger partial charge in [0.05, 0.1) is 5.02 Å². The number of nitrogens with zero attached hydrogens (tertiary/aromatic N) is 3. The first kappa shape index (κ1) is 22.7. The maximum Gasteiger partial charge on any atom is 0.318 e. The summed E-state index contributed by atoms with van der Waals surface area (Å²) in [4.78, 5) is 24.9. The van der Waals surface area contributed by atoms with Crippen LogP contribution in [0.3, 0.4) is 0 Å². The lowest BCUT2D eigenvalue weighted by molar-refractivity contribution is -0.128. The van der Waals surface area contributed by atoms with E-state index in [1.807, 2.05) is 51.1 Å². The van der Waals surface area contributed by atoms with E-state index in [1.165, 1.54) is 5.56 Å². The van der Waals surface area contributed by atoms with Gasteiger partial charge in [0.25, 0.3) is 0 Å². The molecule has 0 atom stereocenters. The van der Waals surface area contributed by atoms with Gasteiger partial charge in [-0.05, 0) is 35.7 Å². The van der Waals surface area contributed by atoms with Crippen molar-refractivity contribution in [1.82, 2.24) is 20.3 Å². The summed E-state index contributed by atoms with van der Waals surface area (Å²) in [6, 6.07) is 12.9.